The molecule has 2 aromatic carbocycles. The van der Waals surface area contributed by atoms with Crippen molar-refractivity contribution >= 4 is 27.0 Å². The van der Waals surface area contributed by atoms with E-state index in [1.165, 1.54) is 11.1 Å². The number of benzene rings is 2. The highest BCUT2D eigenvalue weighted by molar-refractivity contribution is 9.10. The molecular weight excluding hydrogens is 328 g/mol. The summed E-state index contributed by atoms with van der Waals surface area (Å²) in [4.78, 5) is 4.78. The summed E-state index contributed by atoms with van der Waals surface area (Å²) in [6.07, 6.45) is 0.881. The third-order valence-electron chi connectivity index (χ3n) is 3.96. The fraction of sp³-hybridized carbons (Fsp3) is 0.235. The first kappa shape index (κ1) is 13.0. The Morgan fingerprint density at radius 2 is 2.05 bits per heavy atom. The Labute approximate surface area is 131 Å². The number of ether oxygens (including phenoxy) is 1. The van der Waals surface area contributed by atoms with Crippen LogP contribution in [-0.4, -0.2) is 16.2 Å². The van der Waals surface area contributed by atoms with Gasteiger partial charge in [0, 0.05) is 17.4 Å². The van der Waals surface area contributed by atoms with E-state index >= 15 is 0 Å². The molecule has 0 bridgehead atoms. The monoisotopic (exact) mass is 342 g/mol. The van der Waals surface area contributed by atoms with E-state index in [1.54, 1.807) is 0 Å². The van der Waals surface area contributed by atoms with E-state index in [9.17, 15) is 0 Å². The van der Waals surface area contributed by atoms with Crippen LogP contribution in [-0.2, 0) is 17.7 Å². The van der Waals surface area contributed by atoms with Crippen molar-refractivity contribution in [3.05, 3.63) is 64.4 Å². The predicted octanol–water partition coefficient (Wildman–Crippen LogP) is 4.11. The first-order chi connectivity index (χ1) is 10.3. The Balaban J connectivity index is 1.75. The van der Waals surface area contributed by atoms with Crippen molar-refractivity contribution in [3.63, 3.8) is 0 Å². The quantitative estimate of drug-likeness (QED) is 0.665. The van der Waals surface area contributed by atoms with Crippen LogP contribution in [0.4, 0.5) is 0 Å². The number of nitrogens with zero attached hydrogens (tertiary/aromatic N) is 2. The van der Waals surface area contributed by atoms with Crippen molar-refractivity contribution in [3.8, 4) is 0 Å². The number of hydrogen-bond donors (Lipinski definition) is 0. The van der Waals surface area contributed by atoms with Crippen LogP contribution in [0.25, 0.3) is 11.0 Å². The summed E-state index contributed by atoms with van der Waals surface area (Å²) in [6.45, 7) is 1.57. The molecule has 2 heterocycles. The molecule has 0 spiro atoms. The topological polar surface area (TPSA) is 27.1 Å². The van der Waals surface area contributed by atoms with Gasteiger partial charge >= 0.3 is 0 Å². The molecule has 0 fully saturated rings. The molecule has 3 nitrogen and oxygen atoms in total. The highest BCUT2D eigenvalue weighted by atomic mass is 79.9. The van der Waals surface area contributed by atoms with E-state index in [-0.39, 0.29) is 6.10 Å². The summed E-state index contributed by atoms with van der Waals surface area (Å²) in [5, 5.41) is 0. The average Bonchev–Trinajstić information content (AvgIpc) is 2.71. The van der Waals surface area contributed by atoms with Crippen LogP contribution < -0.4 is 0 Å². The van der Waals surface area contributed by atoms with Gasteiger partial charge in [-0.15, -0.1) is 0 Å². The van der Waals surface area contributed by atoms with E-state index in [2.05, 4.69) is 56.9 Å². The number of aromatic nitrogens is 2. The van der Waals surface area contributed by atoms with Crippen molar-refractivity contribution in [1.82, 2.24) is 9.55 Å². The maximum absolute atomic E-state index is 6.05. The number of rotatable bonds is 1. The first-order valence-corrected chi connectivity index (χ1v) is 7.92. The minimum absolute atomic E-state index is 0.0700. The van der Waals surface area contributed by atoms with Crippen LogP contribution in [0.15, 0.2) is 53.0 Å². The molecule has 3 aromatic rings. The Morgan fingerprint density at radius 3 is 2.95 bits per heavy atom. The van der Waals surface area contributed by atoms with Gasteiger partial charge in [0.1, 0.15) is 5.82 Å². The number of para-hydroxylation sites is 2. The molecule has 1 atom stereocenters. The number of hydrogen-bond acceptors (Lipinski definition) is 2. The maximum Gasteiger partial charge on any atom is 0.112 e. The van der Waals surface area contributed by atoms with E-state index < -0.39 is 0 Å². The molecule has 0 saturated heterocycles. The minimum Gasteiger partial charge on any atom is -0.371 e. The normalized spacial score (nSPS) is 18.4. The SMILES string of the molecule is Brc1cccc(C2Cc3nc4ccccc4n3CCO2)c1. The van der Waals surface area contributed by atoms with Gasteiger partial charge < -0.3 is 9.30 Å². The van der Waals surface area contributed by atoms with Crippen molar-refractivity contribution in [2.24, 2.45) is 0 Å². The Hall–Kier alpha value is -1.65. The molecule has 1 unspecified atom stereocenters. The maximum atomic E-state index is 6.05. The van der Waals surface area contributed by atoms with E-state index in [4.69, 9.17) is 9.72 Å². The van der Waals surface area contributed by atoms with Crippen LogP contribution in [0.5, 0.6) is 0 Å². The summed E-state index contributed by atoms with van der Waals surface area (Å²) < 4.78 is 9.42. The molecule has 106 valence electrons. The second kappa shape index (κ2) is 5.28. The highest BCUT2D eigenvalue weighted by Crippen LogP contribution is 2.28. The average molecular weight is 343 g/mol. The number of fused-ring (bicyclic) bond motifs is 3. The van der Waals surface area contributed by atoms with Gasteiger partial charge in [-0.3, -0.25) is 0 Å². The van der Waals surface area contributed by atoms with Gasteiger partial charge in [-0.05, 0) is 29.8 Å². The predicted molar refractivity (Wildman–Crippen MR) is 86.3 cm³/mol. The first-order valence-electron chi connectivity index (χ1n) is 7.12. The lowest BCUT2D eigenvalue weighted by molar-refractivity contribution is 0.0573. The largest absolute Gasteiger partial charge is 0.371 e. The zero-order chi connectivity index (χ0) is 14.2. The van der Waals surface area contributed by atoms with Crippen molar-refractivity contribution < 1.29 is 4.74 Å². The summed E-state index contributed by atoms with van der Waals surface area (Å²) in [5.41, 5.74) is 3.47. The molecular formula is C17H15BrN2O. The van der Waals surface area contributed by atoms with E-state index in [0.717, 1.165) is 28.8 Å². The summed E-state index contributed by atoms with van der Waals surface area (Å²) >= 11 is 3.53. The Kier molecular flexibility index (Phi) is 3.28. The zero-order valence-electron chi connectivity index (χ0n) is 11.5. The molecule has 0 N–H and O–H groups in total. The molecule has 4 rings (SSSR count). The minimum atomic E-state index is 0.0700. The van der Waals surface area contributed by atoms with Crippen LogP contribution in [0.3, 0.4) is 0 Å². The molecule has 1 aromatic heterocycles. The van der Waals surface area contributed by atoms with E-state index in [1.807, 2.05) is 12.1 Å². The molecule has 0 amide bonds. The zero-order valence-corrected chi connectivity index (χ0v) is 13.1. The van der Waals surface area contributed by atoms with Crippen LogP contribution in [0.2, 0.25) is 0 Å². The molecule has 1 aliphatic rings. The molecule has 1 aliphatic heterocycles. The van der Waals surface area contributed by atoms with Crippen molar-refractivity contribution in [2.45, 2.75) is 19.1 Å². The standard InChI is InChI=1S/C17H15BrN2O/c18-13-5-3-4-12(10-13)16-11-17-19-14-6-1-2-7-15(14)20(17)8-9-21-16/h1-7,10,16H,8-9,11H2. The van der Waals surface area contributed by atoms with Gasteiger partial charge in [-0.1, -0.05) is 40.2 Å². The fourth-order valence-corrected chi connectivity index (χ4v) is 3.38. The van der Waals surface area contributed by atoms with Gasteiger partial charge in [-0.25, -0.2) is 4.98 Å². The molecule has 0 aliphatic carbocycles. The third kappa shape index (κ3) is 2.39. The molecule has 4 heteroatoms. The lowest BCUT2D eigenvalue weighted by Crippen LogP contribution is -2.06. The van der Waals surface area contributed by atoms with Gasteiger partial charge in [0.15, 0.2) is 0 Å². The molecule has 0 saturated carbocycles. The van der Waals surface area contributed by atoms with E-state index in [0.29, 0.717) is 6.61 Å². The molecule has 21 heavy (non-hydrogen) atoms. The Bertz CT molecular complexity index is 796. The number of imidazole rings is 1. The molecule has 0 radical (unpaired) electrons. The van der Waals surface area contributed by atoms with Gasteiger partial charge in [0.05, 0.1) is 23.7 Å². The van der Waals surface area contributed by atoms with Crippen molar-refractivity contribution in [2.75, 3.05) is 6.61 Å². The van der Waals surface area contributed by atoms with Gasteiger partial charge in [0.2, 0.25) is 0 Å². The lowest BCUT2D eigenvalue weighted by Gasteiger charge is -2.14. The van der Waals surface area contributed by atoms with Crippen LogP contribution in [0, 0.1) is 0 Å². The van der Waals surface area contributed by atoms with Crippen LogP contribution >= 0.6 is 15.9 Å². The Morgan fingerprint density at radius 1 is 1.14 bits per heavy atom. The van der Waals surface area contributed by atoms with Crippen molar-refractivity contribution in [1.29, 1.82) is 0 Å². The highest BCUT2D eigenvalue weighted by Gasteiger charge is 2.21. The smallest absolute Gasteiger partial charge is 0.112 e. The summed E-state index contributed by atoms with van der Waals surface area (Å²) in [6, 6.07) is 16.6. The number of halogens is 1. The second-order valence-electron chi connectivity index (χ2n) is 5.29. The van der Waals surface area contributed by atoms with Gasteiger partial charge in [0.25, 0.3) is 0 Å². The summed E-state index contributed by atoms with van der Waals surface area (Å²) in [7, 11) is 0. The lowest BCUT2D eigenvalue weighted by atomic mass is 10.1. The summed E-state index contributed by atoms with van der Waals surface area (Å²) in [5.74, 6) is 1.11. The van der Waals surface area contributed by atoms with Crippen LogP contribution in [0.1, 0.15) is 17.5 Å². The fourth-order valence-electron chi connectivity index (χ4n) is 2.96. The third-order valence-corrected chi connectivity index (χ3v) is 4.45. The second-order valence-corrected chi connectivity index (χ2v) is 6.20. The van der Waals surface area contributed by atoms with Gasteiger partial charge in [-0.2, -0.15) is 0 Å².